The van der Waals surface area contributed by atoms with Gasteiger partial charge in [0.2, 0.25) is 0 Å². The highest BCUT2D eigenvalue weighted by Gasteiger charge is 2.12. The van der Waals surface area contributed by atoms with Crippen molar-refractivity contribution in [3.05, 3.63) is 65.2 Å². The summed E-state index contributed by atoms with van der Waals surface area (Å²) in [5.74, 6) is 0.920. The Kier molecular flexibility index (Phi) is 3.82. The smallest absolute Gasteiger partial charge is 0.174 e. The van der Waals surface area contributed by atoms with Crippen molar-refractivity contribution in [2.24, 2.45) is 0 Å². The van der Waals surface area contributed by atoms with Crippen molar-refractivity contribution in [1.29, 1.82) is 0 Å². The summed E-state index contributed by atoms with van der Waals surface area (Å²) in [4.78, 5) is 11.9. The fourth-order valence-corrected chi connectivity index (χ4v) is 2.68. The lowest BCUT2D eigenvalue weighted by Crippen LogP contribution is -2.13. The molecule has 0 aromatic heterocycles. The van der Waals surface area contributed by atoms with Crippen LogP contribution >= 0.6 is 0 Å². The quantitative estimate of drug-likeness (QED) is 0.829. The SMILES string of the molecule is O=C(COc1ccc2c(c1)CCC2)Cc1ccccc1. The summed E-state index contributed by atoms with van der Waals surface area (Å²) < 4.78 is 5.62. The molecule has 2 nitrogen and oxygen atoms in total. The van der Waals surface area contributed by atoms with Gasteiger partial charge < -0.3 is 4.74 Å². The normalized spacial score (nSPS) is 13.0. The average Bonchev–Trinajstić information content (AvgIpc) is 2.93. The molecule has 0 spiro atoms. The molecule has 2 aromatic carbocycles. The lowest BCUT2D eigenvalue weighted by atomic mass is 10.1. The Morgan fingerprint density at radius 1 is 1.00 bits per heavy atom. The number of Topliss-reactive ketones (excluding diaryl/α,β-unsaturated/α-hetero) is 1. The van der Waals surface area contributed by atoms with Crippen molar-refractivity contribution in [2.75, 3.05) is 6.61 Å². The maximum Gasteiger partial charge on any atom is 0.174 e. The topological polar surface area (TPSA) is 26.3 Å². The van der Waals surface area contributed by atoms with Crippen LogP contribution in [0.1, 0.15) is 23.1 Å². The van der Waals surface area contributed by atoms with Crippen LogP contribution in [-0.4, -0.2) is 12.4 Å². The van der Waals surface area contributed by atoms with Crippen LogP contribution in [0.4, 0.5) is 0 Å². The number of hydrogen-bond acceptors (Lipinski definition) is 2. The summed E-state index contributed by atoms with van der Waals surface area (Å²) in [6, 6.07) is 16.0. The zero-order valence-electron chi connectivity index (χ0n) is 11.5. The van der Waals surface area contributed by atoms with Crippen LogP contribution in [0.15, 0.2) is 48.5 Å². The van der Waals surface area contributed by atoms with Crippen molar-refractivity contribution >= 4 is 5.78 Å². The van der Waals surface area contributed by atoms with E-state index in [1.54, 1.807) is 0 Å². The number of aryl methyl sites for hydroxylation is 2. The molecule has 0 bridgehead atoms. The third kappa shape index (κ3) is 3.08. The van der Waals surface area contributed by atoms with Gasteiger partial charge in [0.15, 0.2) is 5.78 Å². The van der Waals surface area contributed by atoms with Crippen LogP contribution in [0.25, 0.3) is 0 Å². The summed E-state index contributed by atoms with van der Waals surface area (Å²) in [5.41, 5.74) is 3.83. The molecule has 0 amide bonds. The number of carbonyl (C=O) groups is 1. The Hall–Kier alpha value is -2.09. The highest BCUT2D eigenvalue weighted by Crippen LogP contribution is 2.25. The van der Waals surface area contributed by atoms with Gasteiger partial charge in [-0.25, -0.2) is 0 Å². The van der Waals surface area contributed by atoms with E-state index < -0.39 is 0 Å². The molecule has 0 fully saturated rings. The molecule has 0 saturated heterocycles. The van der Waals surface area contributed by atoms with Gasteiger partial charge in [0.05, 0.1) is 0 Å². The van der Waals surface area contributed by atoms with Crippen LogP contribution in [0, 0.1) is 0 Å². The van der Waals surface area contributed by atoms with Crippen molar-refractivity contribution in [3.63, 3.8) is 0 Å². The summed E-state index contributed by atoms with van der Waals surface area (Å²) in [5, 5.41) is 0. The molecular formula is C18H18O2. The van der Waals surface area contributed by atoms with E-state index in [-0.39, 0.29) is 12.4 Å². The van der Waals surface area contributed by atoms with E-state index in [0.717, 1.165) is 17.7 Å². The molecule has 0 radical (unpaired) electrons. The number of ether oxygens (including phenoxy) is 1. The Balaban J connectivity index is 1.55. The molecule has 0 N–H and O–H groups in total. The lowest BCUT2D eigenvalue weighted by Gasteiger charge is -2.07. The van der Waals surface area contributed by atoms with Gasteiger partial charge in [-0.3, -0.25) is 4.79 Å². The predicted molar refractivity (Wildman–Crippen MR) is 79.1 cm³/mol. The zero-order valence-corrected chi connectivity index (χ0v) is 11.5. The highest BCUT2D eigenvalue weighted by molar-refractivity contribution is 5.82. The van der Waals surface area contributed by atoms with Gasteiger partial charge in [0.1, 0.15) is 12.4 Å². The van der Waals surface area contributed by atoms with Crippen LogP contribution in [-0.2, 0) is 24.1 Å². The molecule has 2 aromatic rings. The van der Waals surface area contributed by atoms with Crippen molar-refractivity contribution in [1.82, 2.24) is 0 Å². The molecule has 102 valence electrons. The van der Waals surface area contributed by atoms with Crippen LogP contribution in [0.3, 0.4) is 0 Å². The van der Waals surface area contributed by atoms with E-state index in [0.29, 0.717) is 6.42 Å². The van der Waals surface area contributed by atoms with Crippen LogP contribution < -0.4 is 4.74 Å². The van der Waals surface area contributed by atoms with Gasteiger partial charge in [-0.05, 0) is 48.1 Å². The second-order valence-electron chi connectivity index (χ2n) is 5.27. The lowest BCUT2D eigenvalue weighted by molar-refractivity contribution is -0.120. The molecule has 3 rings (SSSR count). The first-order valence-corrected chi connectivity index (χ1v) is 7.11. The maximum absolute atomic E-state index is 11.9. The Bertz CT molecular complexity index is 602. The van der Waals surface area contributed by atoms with E-state index in [4.69, 9.17) is 4.74 Å². The molecule has 1 aliphatic rings. The van der Waals surface area contributed by atoms with E-state index in [1.807, 2.05) is 36.4 Å². The molecule has 20 heavy (non-hydrogen) atoms. The second-order valence-corrected chi connectivity index (χ2v) is 5.27. The standard InChI is InChI=1S/C18H18O2/c19-17(11-14-5-2-1-3-6-14)13-20-18-10-9-15-7-4-8-16(15)12-18/h1-3,5-6,9-10,12H,4,7-8,11,13H2. The Labute approximate surface area is 119 Å². The highest BCUT2D eigenvalue weighted by atomic mass is 16.5. The van der Waals surface area contributed by atoms with Crippen LogP contribution in [0.2, 0.25) is 0 Å². The molecule has 0 atom stereocenters. The van der Waals surface area contributed by atoms with E-state index >= 15 is 0 Å². The van der Waals surface area contributed by atoms with Crippen molar-refractivity contribution in [3.8, 4) is 5.75 Å². The number of rotatable bonds is 5. The van der Waals surface area contributed by atoms with Crippen molar-refractivity contribution in [2.45, 2.75) is 25.7 Å². The third-order valence-corrected chi connectivity index (χ3v) is 3.71. The van der Waals surface area contributed by atoms with Gasteiger partial charge in [-0.2, -0.15) is 0 Å². The second kappa shape index (κ2) is 5.91. The summed E-state index contributed by atoms with van der Waals surface area (Å²) >= 11 is 0. The predicted octanol–water partition coefficient (Wildman–Crippen LogP) is 3.37. The summed E-state index contributed by atoms with van der Waals surface area (Å²) in [7, 11) is 0. The Morgan fingerprint density at radius 3 is 2.65 bits per heavy atom. The minimum absolute atomic E-state index is 0.108. The van der Waals surface area contributed by atoms with Gasteiger partial charge in [0.25, 0.3) is 0 Å². The van der Waals surface area contributed by atoms with E-state index in [1.165, 1.54) is 24.0 Å². The minimum atomic E-state index is 0.108. The third-order valence-electron chi connectivity index (χ3n) is 3.71. The molecule has 0 heterocycles. The Morgan fingerprint density at radius 2 is 1.80 bits per heavy atom. The van der Waals surface area contributed by atoms with E-state index in [9.17, 15) is 4.79 Å². The van der Waals surface area contributed by atoms with E-state index in [2.05, 4.69) is 12.1 Å². The molecule has 1 aliphatic carbocycles. The van der Waals surface area contributed by atoms with Gasteiger partial charge in [0, 0.05) is 6.42 Å². The van der Waals surface area contributed by atoms with Gasteiger partial charge in [-0.15, -0.1) is 0 Å². The number of carbonyl (C=O) groups excluding carboxylic acids is 1. The minimum Gasteiger partial charge on any atom is -0.486 e. The first-order valence-electron chi connectivity index (χ1n) is 7.11. The molecule has 0 saturated carbocycles. The maximum atomic E-state index is 11.9. The van der Waals surface area contributed by atoms with Crippen molar-refractivity contribution < 1.29 is 9.53 Å². The fraction of sp³-hybridized carbons (Fsp3) is 0.278. The molecule has 0 aliphatic heterocycles. The number of fused-ring (bicyclic) bond motifs is 1. The van der Waals surface area contributed by atoms with Gasteiger partial charge >= 0.3 is 0 Å². The average molecular weight is 266 g/mol. The number of hydrogen-bond donors (Lipinski definition) is 0. The largest absolute Gasteiger partial charge is 0.486 e. The fourth-order valence-electron chi connectivity index (χ4n) is 2.68. The summed E-state index contributed by atoms with van der Waals surface area (Å²) in [6.45, 7) is 0.147. The molecule has 2 heteroatoms. The van der Waals surface area contributed by atoms with Crippen LogP contribution in [0.5, 0.6) is 5.75 Å². The molecular weight excluding hydrogens is 248 g/mol. The monoisotopic (exact) mass is 266 g/mol. The first kappa shape index (κ1) is 12.9. The summed E-state index contributed by atoms with van der Waals surface area (Å²) in [6.07, 6.45) is 3.96. The zero-order chi connectivity index (χ0) is 13.8. The molecule has 0 unspecified atom stereocenters. The first-order chi connectivity index (χ1) is 9.81. The number of ketones is 1. The van der Waals surface area contributed by atoms with Gasteiger partial charge in [-0.1, -0.05) is 36.4 Å². The number of benzene rings is 2.